The maximum Gasteiger partial charge on any atom is 0.335 e. The molecule has 15 heavy (non-hydrogen) atoms. The highest BCUT2D eigenvalue weighted by Crippen LogP contribution is 2.25. The van der Waals surface area contributed by atoms with E-state index in [9.17, 15) is 4.79 Å². The summed E-state index contributed by atoms with van der Waals surface area (Å²) in [6, 6.07) is 7.15. The van der Waals surface area contributed by atoms with Gasteiger partial charge >= 0.3 is 5.97 Å². The van der Waals surface area contributed by atoms with Gasteiger partial charge in [-0.15, -0.1) is 0 Å². The van der Waals surface area contributed by atoms with E-state index in [1.165, 1.54) is 0 Å². The van der Waals surface area contributed by atoms with E-state index >= 15 is 0 Å². The normalized spacial score (nSPS) is 21.2. The Kier molecular flexibility index (Phi) is 3.02. The van der Waals surface area contributed by atoms with E-state index in [1.54, 1.807) is 18.2 Å². The molecule has 1 saturated heterocycles. The molecular weight excluding hydrogens is 192 g/mol. The predicted octanol–water partition coefficient (Wildman–Crippen LogP) is 2.28. The topological polar surface area (TPSA) is 46.5 Å². The van der Waals surface area contributed by atoms with Crippen LogP contribution in [0.5, 0.6) is 0 Å². The minimum atomic E-state index is -0.867. The van der Waals surface area contributed by atoms with E-state index in [1.807, 2.05) is 6.07 Å². The molecule has 0 aliphatic carbocycles. The molecule has 1 aliphatic rings. The average Bonchev–Trinajstić information content (AvgIpc) is 2.30. The van der Waals surface area contributed by atoms with Gasteiger partial charge in [0.2, 0.25) is 0 Å². The molecule has 1 atom stereocenters. The molecule has 1 heterocycles. The highest BCUT2D eigenvalue weighted by molar-refractivity contribution is 5.87. The molecule has 1 aromatic carbocycles. The Balaban J connectivity index is 2.19. The van der Waals surface area contributed by atoms with Gasteiger partial charge in [-0.25, -0.2) is 4.79 Å². The molecule has 2 rings (SSSR count). The first-order valence-electron chi connectivity index (χ1n) is 5.18. The first-order valence-corrected chi connectivity index (χ1v) is 5.18. The monoisotopic (exact) mass is 206 g/mol. The number of rotatable bonds is 2. The van der Waals surface area contributed by atoms with Gasteiger partial charge in [-0.3, -0.25) is 0 Å². The molecule has 3 heteroatoms. The van der Waals surface area contributed by atoms with Gasteiger partial charge in [0.05, 0.1) is 12.2 Å². The minimum Gasteiger partial charge on any atom is -0.478 e. The van der Waals surface area contributed by atoms with Crippen LogP contribution in [-0.4, -0.2) is 24.3 Å². The third-order valence-corrected chi connectivity index (χ3v) is 2.77. The number of benzene rings is 1. The number of hydrogen-bond acceptors (Lipinski definition) is 2. The largest absolute Gasteiger partial charge is 0.478 e. The highest BCUT2D eigenvalue weighted by atomic mass is 16.5. The second-order valence-corrected chi connectivity index (χ2v) is 3.84. The molecular formula is C12H14O3. The lowest BCUT2D eigenvalue weighted by molar-refractivity contribution is 0.0694. The van der Waals surface area contributed by atoms with Gasteiger partial charge in [-0.05, 0) is 30.5 Å². The summed E-state index contributed by atoms with van der Waals surface area (Å²) < 4.78 is 5.39. The molecule has 80 valence electrons. The van der Waals surface area contributed by atoms with Crippen LogP contribution in [0, 0.1) is 0 Å². The maximum absolute atomic E-state index is 10.8. The molecule has 1 fully saturated rings. The molecule has 1 aliphatic heterocycles. The van der Waals surface area contributed by atoms with Crippen molar-refractivity contribution in [2.45, 2.75) is 18.8 Å². The Labute approximate surface area is 88.7 Å². The molecule has 0 amide bonds. The third kappa shape index (κ3) is 2.36. The second-order valence-electron chi connectivity index (χ2n) is 3.84. The predicted molar refractivity (Wildman–Crippen MR) is 56.2 cm³/mol. The van der Waals surface area contributed by atoms with Crippen LogP contribution in [0.15, 0.2) is 24.3 Å². The van der Waals surface area contributed by atoms with Gasteiger partial charge in [0.15, 0.2) is 0 Å². The number of carboxylic acid groups (broad SMARTS) is 1. The molecule has 0 aromatic heterocycles. The van der Waals surface area contributed by atoms with Crippen molar-refractivity contribution in [2.75, 3.05) is 13.2 Å². The SMILES string of the molecule is O=C(O)c1cccc([C@H]2CCCOC2)c1. The standard InChI is InChI=1S/C12H14O3/c13-12(14)10-4-1-3-9(7-10)11-5-2-6-15-8-11/h1,3-4,7,11H,2,5-6,8H2,(H,13,14)/t11-/m0/s1. The molecule has 0 unspecified atom stereocenters. The average molecular weight is 206 g/mol. The summed E-state index contributed by atoms with van der Waals surface area (Å²) in [5.41, 5.74) is 1.44. The van der Waals surface area contributed by atoms with Crippen molar-refractivity contribution in [1.82, 2.24) is 0 Å². The summed E-state index contributed by atoms with van der Waals surface area (Å²) in [4.78, 5) is 10.8. The minimum absolute atomic E-state index is 0.359. The van der Waals surface area contributed by atoms with Crippen LogP contribution in [0.2, 0.25) is 0 Å². The lowest BCUT2D eigenvalue weighted by Gasteiger charge is -2.22. The van der Waals surface area contributed by atoms with Crippen molar-refractivity contribution in [1.29, 1.82) is 0 Å². The van der Waals surface area contributed by atoms with Gasteiger partial charge in [-0.1, -0.05) is 12.1 Å². The molecule has 0 radical (unpaired) electrons. The Morgan fingerprint density at radius 3 is 3.00 bits per heavy atom. The fourth-order valence-electron chi connectivity index (χ4n) is 1.93. The summed E-state index contributed by atoms with van der Waals surface area (Å²) in [5.74, 6) is -0.508. The first-order chi connectivity index (χ1) is 7.27. The van der Waals surface area contributed by atoms with Crippen molar-refractivity contribution < 1.29 is 14.6 Å². The van der Waals surface area contributed by atoms with Crippen molar-refractivity contribution in [3.63, 3.8) is 0 Å². The third-order valence-electron chi connectivity index (χ3n) is 2.77. The van der Waals surface area contributed by atoms with E-state index < -0.39 is 5.97 Å². The fraction of sp³-hybridized carbons (Fsp3) is 0.417. The van der Waals surface area contributed by atoms with Gasteiger partial charge in [0.25, 0.3) is 0 Å². The van der Waals surface area contributed by atoms with Crippen LogP contribution >= 0.6 is 0 Å². The van der Waals surface area contributed by atoms with Crippen LogP contribution in [0.25, 0.3) is 0 Å². The number of carbonyl (C=O) groups is 1. The maximum atomic E-state index is 10.8. The van der Waals surface area contributed by atoms with Crippen molar-refractivity contribution in [2.24, 2.45) is 0 Å². The van der Waals surface area contributed by atoms with Crippen molar-refractivity contribution in [3.05, 3.63) is 35.4 Å². The lowest BCUT2D eigenvalue weighted by Crippen LogP contribution is -2.15. The molecule has 3 nitrogen and oxygen atoms in total. The van der Waals surface area contributed by atoms with Crippen molar-refractivity contribution in [3.8, 4) is 0 Å². The van der Waals surface area contributed by atoms with Gasteiger partial charge in [0, 0.05) is 12.5 Å². The molecule has 0 spiro atoms. The number of carboxylic acids is 1. The lowest BCUT2D eigenvalue weighted by atomic mass is 9.92. The number of aromatic carboxylic acids is 1. The number of ether oxygens (including phenoxy) is 1. The van der Waals surface area contributed by atoms with E-state index in [-0.39, 0.29) is 0 Å². The summed E-state index contributed by atoms with van der Waals surface area (Å²) in [7, 11) is 0. The van der Waals surface area contributed by atoms with Crippen LogP contribution in [0.3, 0.4) is 0 Å². The summed E-state index contributed by atoms with van der Waals surface area (Å²) >= 11 is 0. The molecule has 1 aromatic rings. The van der Waals surface area contributed by atoms with Crippen LogP contribution < -0.4 is 0 Å². The van der Waals surface area contributed by atoms with E-state index in [0.29, 0.717) is 18.1 Å². The summed E-state index contributed by atoms with van der Waals surface area (Å²) in [6.45, 7) is 1.54. The Hall–Kier alpha value is -1.35. The van der Waals surface area contributed by atoms with Gasteiger partial charge in [-0.2, -0.15) is 0 Å². The number of hydrogen-bond donors (Lipinski definition) is 1. The zero-order valence-electron chi connectivity index (χ0n) is 8.48. The molecule has 0 saturated carbocycles. The highest BCUT2D eigenvalue weighted by Gasteiger charge is 2.16. The van der Waals surface area contributed by atoms with Crippen molar-refractivity contribution >= 4 is 5.97 Å². The zero-order valence-corrected chi connectivity index (χ0v) is 8.48. The molecule has 0 bridgehead atoms. The fourth-order valence-corrected chi connectivity index (χ4v) is 1.93. The first kappa shape index (κ1) is 10.2. The van der Waals surface area contributed by atoms with Crippen LogP contribution in [0.1, 0.15) is 34.7 Å². The Morgan fingerprint density at radius 1 is 1.47 bits per heavy atom. The van der Waals surface area contributed by atoms with Gasteiger partial charge < -0.3 is 9.84 Å². The zero-order chi connectivity index (χ0) is 10.7. The van der Waals surface area contributed by atoms with E-state index in [4.69, 9.17) is 9.84 Å². The van der Waals surface area contributed by atoms with E-state index in [2.05, 4.69) is 0 Å². The summed E-state index contributed by atoms with van der Waals surface area (Å²) in [5, 5.41) is 8.88. The summed E-state index contributed by atoms with van der Waals surface area (Å²) in [6.07, 6.45) is 2.14. The van der Waals surface area contributed by atoms with Crippen LogP contribution in [0.4, 0.5) is 0 Å². The smallest absolute Gasteiger partial charge is 0.335 e. The van der Waals surface area contributed by atoms with Gasteiger partial charge in [0.1, 0.15) is 0 Å². The second kappa shape index (κ2) is 4.45. The Morgan fingerprint density at radius 2 is 2.33 bits per heavy atom. The van der Waals surface area contributed by atoms with E-state index in [0.717, 1.165) is 25.0 Å². The quantitative estimate of drug-likeness (QED) is 0.807. The molecule has 1 N–H and O–H groups in total. The van der Waals surface area contributed by atoms with Crippen LogP contribution in [-0.2, 0) is 4.74 Å². The Bertz CT molecular complexity index is 354.